The number of aliphatic hydroxyl groups is 1. The molecule has 2 aromatic heterocycles. The van der Waals surface area contributed by atoms with E-state index in [-0.39, 0.29) is 17.5 Å². The normalized spacial score (nSPS) is 14.1. The molecule has 4 aromatic rings. The van der Waals surface area contributed by atoms with E-state index in [1.165, 1.54) is 48.8 Å². The number of nitrogens with zero attached hydrogens (tertiary/aromatic N) is 2. The SMILES string of the molecule is Cc1ccc(C(O)(c2ccc(C(Cc3cc[n+]([O-])cc3)c3ccc(OC(F)F)c(OC(F)F)c3)cn2)C(F)(F)F)cc1. The van der Waals surface area contributed by atoms with E-state index >= 15 is 0 Å². The third-order valence-electron chi connectivity index (χ3n) is 6.55. The van der Waals surface area contributed by atoms with Gasteiger partial charge in [0.15, 0.2) is 23.9 Å². The average Bonchev–Trinajstić information content (AvgIpc) is 2.93. The van der Waals surface area contributed by atoms with E-state index in [1.54, 1.807) is 6.92 Å². The van der Waals surface area contributed by atoms with Crippen LogP contribution < -0.4 is 14.2 Å². The zero-order chi connectivity index (χ0) is 30.7. The van der Waals surface area contributed by atoms with Crippen LogP contribution in [0.4, 0.5) is 30.7 Å². The zero-order valence-electron chi connectivity index (χ0n) is 21.7. The van der Waals surface area contributed by atoms with Crippen molar-refractivity contribution in [2.45, 2.75) is 44.3 Å². The van der Waals surface area contributed by atoms with Crippen LogP contribution in [0.15, 0.2) is 85.3 Å². The Morgan fingerprint density at radius 3 is 1.98 bits per heavy atom. The fraction of sp³-hybridized carbons (Fsp3) is 0.241. The smallest absolute Gasteiger partial charge is 0.427 e. The van der Waals surface area contributed by atoms with Crippen LogP contribution in [0.1, 0.15) is 39.4 Å². The van der Waals surface area contributed by atoms with Crippen LogP contribution in [0.3, 0.4) is 0 Å². The molecule has 2 unspecified atom stereocenters. The van der Waals surface area contributed by atoms with Gasteiger partial charge in [-0.25, -0.2) is 0 Å². The van der Waals surface area contributed by atoms with Crippen molar-refractivity contribution in [2.75, 3.05) is 0 Å². The monoisotopic (exact) mass is 596 g/mol. The van der Waals surface area contributed by atoms with Crippen LogP contribution in [-0.2, 0) is 12.0 Å². The van der Waals surface area contributed by atoms with E-state index in [0.717, 1.165) is 36.5 Å². The van der Waals surface area contributed by atoms with Crippen molar-refractivity contribution < 1.29 is 50.0 Å². The third kappa shape index (κ3) is 6.73. The standard InChI is InChI=1S/C29H23F7N2O4/c1-17-2-6-21(7-3-17)28(39,29(34,35)36)25-9-5-20(16-37-25)22(14-18-10-12-38(40)13-11-18)19-4-8-23(41-26(30)31)24(15-19)42-27(32)33/h2-13,15-16,22,26-27,39H,14H2,1H3. The van der Waals surface area contributed by atoms with Gasteiger partial charge in [0.2, 0.25) is 5.60 Å². The molecule has 2 atom stereocenters. The lowest BCUT2D eigenvalue weighted by Crippen LogP contribution is -2.44. The predicted octanol–water partition coefficient (Wildman–Crippen LogP) is 6.40. The molecule has 0 saturated heterocycles. The van der Waals surface area contributed by atoms with Gasteiger partial charge in [0.25, 0.3) is 0 Å². The summed E-state index contributed by atoms with van der Waals surface area (Å²) in [4.78, 5) is 3.95. The van der Waals surface area contributed by atoms with Crippen molar-refractivity contribution in [3.63, 3.8) is 0 Å². The Bertz CT molecular complexity index is 1480. The lowest BCUT2D eigenvalue weighted by atomic mass is 9.85. The summed E-state index contributed by atoms with van der Waals surface area (Å²) in [5.74, 6) is -2.14. The predicted molar refractivity (Wildman–Crippen MR) is 135 cm³/mol. The van der Waals surface area contributed by atoms with Crippen molar-refractivity contribution in [3.05, 3.63) is 124 Å². The fourth-order valence-corrected chi connectivity index (χ4v) is 4.44. The number of alkyl halides is 7. The van der Waals surface area contributed by atoms with Gasteiger partial charge in [0.1, 0.15) is 0 Å². The number of aryl methyl sites for hydroxylation is 1. The lowest BCUT2D eigenvalue weighted by molar-refractivity contribution is -0.605. The summed E-state index contributed by atoms with van der Waals surface area (Å²) in [6, 6.07) is 13.7. The van der Waals surface area contributed by atoms with Crippen LogP contribution >= 0.6 is 0 Å². The van der Waals surface area contributed by atoms with Crippen LogP contribution in [0.25, 0.3) is 0 Å². The molecule has 0 saturated carbocycles. The van der Waals surface area contributed by atoms with Crippen molar-refractivity contribution in [1.82, 2.24) is 4.98 Å². The number of pyridine rings is 2. The first-order valence-corrected chi connectivity index (χ1v) is 12.3. The zero-order valence-corrected chi connectivity index (χ0v) is 21.7. The Balaban J connectivity index is 1.80. The molecule has 1 N–H and O–H groups in total. The highest BCUT2D eigenvalue weighted by molar-refractivity contribution is 5.47. The second-order valence-corrected chi connectivity index (χ2v) is 9.34. The molecular formula is C29H23F7N2O4. The van der Waals surface area contributed by atoms with Gasteiger partial charge in [-0.2, -0.15) is 35.5 Å². The molecule has 4 rings (SSSR count). The quantitative estimate of drug-likeness (QED) is 0.130. The number of halogens is 7. The van der Waals surface area contributed by atoms with Crippen molar-refractivity contribution in [1.29, 1.82) is 0 Å². The molecular weight excluding hydrogens is 573 g/mol. The van der Waals surface area contributed by atoms with Crippen molar-refractivity contribution in [2.24, 2.45) is 0 Å². The maximum Gasteiger partial charge on any atom is 0.427 e. The van der Waals surface area contributed by atoms with Crippen molar-refractivity contribution >= 4 is 0 Å². The van der Waals surface area contributed by atoms with Gasteiger partial charge in [0, 0.05) is 24.2 Å². The largest absolute Gasteiger partial charge is 0.619 e. The summed E-state index contributed by atoms with van der Waals surface area (Å²) in [5, 5.41) is 22.4. The van der Waals surface area contributed by atoms with Crippen LogP contribution in [0.5, 0.6) is 11.5 Å². The summed E-state index contributed by atoms with van der Waals surface area (Å²) >= 11 is 0. The molecule has 2 aromatic carbocycles. The second-order valence-electron chi connectivity index (χ2n) is 9.34. The third-order valence-corrected chi connectivity index (χ3v) is 6.55. The van der Waals surface area contributed by atoms with Crippen molar-refractivity contribution in [3.8, 4) is 11.5 Å². The van der Waals surface area contributed by atoms with Gasteiger partial charge in [-0.05, 0) is 53.8 Å². The number of hydrogen-bond acceptors (Lipinski definition) is 5. The summed E-state index contributed by atoms with van der Waals surface area (Å²) in [6.45, 7) is -5.02. The highest BCUT2D eigenvalue weighted by Gasteiger charge is 2.57. The van der Waals surface area contributed by atoms with Gasteiger partial charge < -0.3 is 19.8 Å². The molecule has 6 nitrogen and oxygen atoms in total. The Kier molecular flexibility index (Phi) is 8.90. The van der Waals surface area contributed by atoms with Gasteiger partial charge in [-0.15, -0.1) is 0 Å². The molecule has 0 spiro atoms. The van der Waals surface area contributed by atoms with Gasteiger partial charge >= 0.3 is 19.4 Å². The van der Waals surface area contributed by atoms with Gasteiger partial charge in [-0.1, -0.05) is 42.0 Å². The molecule has 0 fully saturated rings. The first-order valence-electron chi connectivity index (χ1n) is 12.3. The molecule has 222 valence electrons. The fourth-order valence-electron chi connectivity index (χ4n) is 4.44. The summed E-state index contributed by atoms with van der Waals surface area (Å²) in [6.07, 6.45) is -1.53. The van der Waals surface area contributed by atoms with Gasteiger partial charge in [0.05, 0.1) is 5.69 Å². The van der Waals surface area contributed by atoms with E-state index in [9.17, 15) is 41.0 Å². The summed E-state index contributed by atoms with van der Waals surface area (Å²) in [5.41, 5.74) is -2.82. The maximum atomic E-state index is 14.2. The lowest BCUT2D eigenvalue weighted by Gasteiger charge is -2.31. The Morgan fingerprint density at radius 2 is 1.43 bits per heavy atom. The minimum Gasteiger partial charge on any atom is -0.619 e. The van der Waals surface area contributed by atoms with E-state index in [0.29, 0.717) is 15.9 Å². The highest BCUT2D eigenvalue weighted by atomic mass is 19.4. The molecule has 2 heterocycles. The maximum absolute atomic E-state index is 14.2. The molecule has 42 heavy (non-hydrogen) atoms. The molecule has 13 heteroatoms. The van der Waals surface area contributed by atoms with E-state index in [4.69, 9.17) is 0 Å². The summed E-state index contributed by atoms with van der Waals surface area (Å²) in [7, 11) is 0. The average molecular weight is 596 g/mol. The molecule has 0 aliphatic rings. The Morgan fingerprint density at radius 1 is 0.833 bits per heavy atom. The minimum absolute atomic E-state index is 0.0898. The van der Waals surface area contributed by atoms with E-state index in [1.807, 2.05) is 0 Å². The van der Waals surface area contributed by atoms with E-state index < -0.39 is 53.7 Å². The Hall–Kier alpha value is -4.39. The minimum atomic E-state index is -5.14. The molecule has 0 radical (unpaired) electrons. The number of ether oxygens (including phenoxy) is 2. The first-order chi connectivity index (χ1) is 19.8. The first kappa shape index (κ1) is 30.6. The Labute approximate surface area is 235 Å². The highest BCUT2D eigenvalue weighted by Crippen LogP contribution is 2.44. The summed E-state index contributed by atoms with van der Waals surface area (Å²) < 4.78 is 104. The topological polar surface area (TPSA) is 78.5 Å². The molecule has 0 amide bonds. The molecule has 0 bridgehead atoms. The second kappa shape index (κ2) is 12.2. The van der Waals surface area contributed by atoms with Crippen LogP contribution in [0, 0.1) is 12.1 Å². The van der Waals surface area contributed by atoms with Crippen LogP contribution in [-0.4, -0.2) is 29.5 Å². The number of benzene rings is 2. The number of rotatable bonds is 10. The van der Waals surface area contributed by atoms with E-state index in [2.05, 4.69) is 14.5 Å². The number of hydrogen-bond donors (Lipinski definition) is 1. The molecule has 0 aliphatic carbocycles. The van der Waals surface area contributed by atoms with Gasteiger partial charge in [-0.3, -0.25) is 4.98 Å². The van der Waals surface area contributed by atoms with Crippen LogP contribution in [0.2, 0.25) is 0 Å². The number of aromatic nitrogens is 2. The molecule has 0 aliphatic heterocycles.